The molecular weight excluding hydrogens is 285 g/mol. The monoisotopic (exact) mass is 300 g/mol. The van der Waals surface area contributed by atoms with E-state index in [1.54, 1.807) is 0 Å². The van der Waals surface area contributed by atoms with Crippen LogP contribution in [0.25, 0.3) is 0 Å². The Morgan fingerprint density at radius 2 is 1.55 bits per heavy atom. The number of carbonyl (C=O) groups excluding carboxylic acids is 3. The van der Waals surface area contributed by atoms with Crippen molar-refractivity contribution in [2.75, 3.05) is 13.2 Å². The quantitative estimate of drug-likeness (QED) is 0.551. The van der Waals surface area contributed by atoms with Gasteiger partial charge in [-0.1, -0.05) is 0 Å². The molecule has 20 heavy (non-hydrogen) atoms. The summed E-state index contributed by atoms with van der Waals surface area (Å²) in [5.74, 6) is -4.30. The lowest BCUT2D eigenvalue weighted by Gasteiger charge is -2.27. The van der Waals surface area contributed by atoms with Crippen molar-refractivity contribution in [2.24, 2.45) is 0 Å². The molecule has 0 amide bonds. The Kier molecular flexibility index (Phi) is 6.63. The summed E-state index contributed by atoms with van der Waals surface area (Å²) in [4.78, 5) is 33.5. The largest absolute Gasteiger partial charge is 0.466 e. The molecule has 0 fully saturated rings. The van der Waals surface area contributed by atoms with E-state index in [0.717, 1.165) is 0 Å². The molecule has 0 aliphatic heterocycles. The Labute approximate surface area is 112 Å². The van der Waals surface area contributed by atoms with E-state index in [9.17, 15) is 32.7 Å². The fraction of sp³-hybridized carbons (Fsp3) is 0.727. The summed E-state index contributed by atoms with van der Waals surface area (Å²) < 4.78 is 46.6. The van der Waals surface area contributed by atoms with Crippen molar-refractivity contribution >= 4 is 17.7 Å². The van der Waals surface area contributed by atoms with Crippen molar-refractivity contribution < 1.29 is 42.1 Å². The van der Waals surface area contributed by atoms with Gasteiger partial charge in [0.25, 0.3) is 5.60 Å². The van der Waals surface area contributed by atoms with Gasteiger partial charge in [-0.2, -0.15) is 13.2 Å². The molecule has 0 rings (SSSR count). The molecule has 0 bridgehead atoms. The summed E-state index contributed by atoms with van der Waals surface area (Å²) in [6, 6.07) is 0. The number of alkyl halides is 3. The van der Waals surface area contributed by atoms with Crippen LogP contribution in [0.15, 0.2) is 0 Å². The Morgan fingerprint density at radius 3 is 1.95 bits per heavy atom. The molecule has 0 saturated carbocycles. The van der Waals surface area contributed by atoms with Crippen LogP contribution < -0.4 is 0 Å². The summed E-state index contributed by atoms with van der Waals surface area (Å²) >= 11 is 0. The highest BCUT2D eigenvalue weighted by molar-refractivity contribution is 5.98. The van der Waals surface area contributed by atoms with Gasteiger partial charge in [-0.05, 0) is 13.8 Å². The number of hydrogen-bond donors (Lipinski definition) is 1. The molecule has 0 saturated heterocycles. The number of ketones is 1. The number of aliphatic hydroxyl groups is 1. The van der Waals surface area contributed by atoms with E-state index < -0.39 is 48.9 Å². The van der Waals surface area contributed by atoms with E-state index >= 15 is 0 Å². The number of halogens is 3. The molecule has 0 unspecified atom stereocenters. The minimum Gasteiger partial charge on any atom is -0.466 e. The average Bonchev–Trinajstić information content (AvgIpc) is 2.27. The van der Waals surface area contributed by atoms with Gasteiger partial charge < -0.3 is 14.6 Å². The number of carbonyl (C=O) groups is 3. The summed E-state index contributed by atoms with van der Waals surface area (Å²) in [5, 5.41) is 9.39. The molecule has 1 N–H and O–H groups in total. The zero-order valence-electron chi connectivity index (χ0n) is 11.0. The van der Waals surface area contributed by atoms with Gasteiger partial charge in [0.2, 0.25) is 0 Å². The molecule has 6 nitrogen and oxygen atoms in total. The number of rotatable bonds is 7. The van der Waals surface area contributed by atoms with Crippen LogP contribution in [0.4, 0.5) is 13.2 Å². The van der Waals surface area contributed by atoms with Gasteiger partial charge in [0.15, 0.2) is 0 Å². The standard InChI is InChI=1S/C11H15F3O6/c1-3-19-8(16)5-7(15)6-10(18,11(12,13)14)9(17)20-4-2/h18H,3-6H2,1-2H3/t10-/m1/s1. The van der Waals surface area contributed by atoms with Crippen LogP contribution in [0.5, 0.6) is 0 Å². The summed E-state index contributed by atoms with van der Waals surface area (Å²) in [5.41, 5.74) is -3.97. The van der Waals surface area contributed by atoms with E-state index in [4.69, 9.17) is 0 Å². The molecule has 0 aromatic heterocycles. The Hall–Kier alpha value is -1.64. The predicted molar refractivity (Wildman–Crippen MR) is 58.5 cm³/mol. The molecule has 0 radical (unpaired) electrons. The van der Waals surface area contributed by atoms with Crippen molar-refractivity contribution in [1.82, 2.24) is 0 Å². The highest BCUT2D eigenvalue weighted by Gasteiger charge is 2.61. The minimum atomic E-state index is -5.40. The SMILES string of the molecule is CCOC(=O)CC(=O)C[C@@](O)(C(=O)OCC)C(F)(F)F. The second-order valence-electron chi connectivity index (χ2n) is 3.78. The molecule has 1 atom stereocenters. The predicted octanol–water partition coefficient (Wildman–Crippen LogP) is 0.755. The van der Waals surface area contributed by atoms with Crippen LogP contribution in [0.2, 0.25) is 0 Å². The maximum absolute atomic E-state index is 12.7. The molecule has 0 aromatic rings. The smallest absolute Gasteiger partial charge is 0.428 e. The second-order valence-corrected chi connectivity index (χ2v) is 3.78. The molecule has 116 valence electrons. The Morgan fingerprint density at radius 1 is 1.05 bits per heavy atom. The third-order valence-corrected chi connectivity index (χ3v) is 2.18. The lowest BCUT2D eigenvalue weighted by molar-refractivity contribution is -0.263. The van der Waals surface area contributed by atoms with Crippen molar-refractivity contribution in [3.05, 3.63) is 0 Å². The van der Waals surface area contributed by atoms with Gasteiger partial charge in [0.1, 0.15) is 12.2 Å². The summed E-state index contributed by atoms with van der Waals surface area (Å²) in [7, 11) is 0. The topological polar surface area (TPSA) is 89.9 Å². The molecule has 0 aliphatic rings. The maximum Gasteiger partial charge on any atom is 0.428 e. The fourth-order valence-corrected chi connectivity index (χ4v) is 1.26. The third-order valence-electron chi connectivity index (χ3n) is 2.18. The van der Waals surface area contributed by atoms with E-state index in [2.05, 4.69) is 9.47 Å². The lowest BCUT2D eigenvalue weighted by Crippen LogP contribution is -2.54. The lowest BCUT2D eigenvalue weighted by atomic mass is 9.95. The Bertz CT molecular complexity index is 379. The Balaban J connectivity index is 4.97. The van der Waals surface area contributed by atoms with Crippen molar-refractivity contribution in [3.8, 4) is 0 Å². The van der Waals surface area contributed by atoms with Crippen LogP contribution in [0, 0.1) is 0 Å². The minimum absolute atomic E-state index is 0.0481. The summed E-state index contributed by atoms with van der Waals surface area (Å²) in [6.45, 7) is 2.25. The van der Waals surface area contributed by atoms with Crippen molar-refractivity contribution in [1.29, 1.82) is 0 Å². The van der Waals surface area contributed by atoms with Gasteiger partial charge >= 0.3 is 18.1 Å². The number of ether oxygens (including phenoxy) is 2. The average molecular weight is 300 g/mol. The first-order valence-electron chi connectivity index (χ1n) is 5.72. The van der Waals surface area contributed by atoms with Gasteiger partial charge in [-0.3, -0.25) is 9.59 Å². The van der Waals surface area contributed by atoms with Gasteiger partial charge in [0.05, 0.1) is 19.6 Å². The van der Waals surface area contributed by atoms with Gasteiger partial charge in [-0.25, -0.2) is 4.79 Å². The first-order chi connectivity index (χ1) is 9.08. The molecule has 0 heterocycles. The van der Waals surface area contributed by atoms with Crippen LogP contribution in [-0.4, -0.2) is 47.8 Å². The van der Waals surface area contributed by atoms with Crippen LogP contribution in [-0.2, 0) is 23.9 Å². The molecular formula is C11H15F3O6. The van der Waals surface area contributed by atoms with E-state index in [1.807, 2.05) is 0 Å². The van der Waals surface area contributed by atoms with Crippen LogP contribution >= 0.6 is 0 Å². The van der Waals surface area contributed by atoms with E-state index in [1.165, 1.54) is 13.8 Å². The number of hydrogen-bond acceptors (Lipinski definition) is 6. The number of esters is 2. The third kappa shape index (κ3) is 4.80. The zero-order chi connectivity index (χ0) is 16.0. The molecule has 0 spiro atoms. The molecule has 0 aromatic carbocycles. The maximum atomic E-state index is 12.7. The van der Waals surface area contributed by atoms with E-state index in [0.29, 0.717) is 0 Å². The highest BCUT2D eigenvalue weighted by atomic mass is 19.4. The van der Waals surface area contributed by atoms with E-state index in [-0.39, 0.29) is 6.61 Å². The van der Waals surface area contributed by atoms with Gasteiger partial charge in [-0.15, -0.1) is 0 Å². The van der Waals surface area contributed by atoms with Crippen molar-refractivity contribution in [3.63, 3.8) is 0 Å². The fourth-order valence-electron chi connectivity index (χ4n) is 1.26. The summed E-state index contributed by atoms with van der Waals surface area (Å²) in [6.07, 6.45) is -7.97. The number of Topliss-reactive ketones (excluding diaryl/α,β-unsaturated/α-hetero) is 1. The van der Waals surface area contributed by atoms with Crippen LogP contribution in [0.1, 0.15) is 26.7 Å². The first kappa shape index (κ1) is 18.4. The van der Waals surface area contributed by atoms with Crippen molar-refractivity contribution in [2.45, 2.75) is 38.5 Å². The van der Waals surface area contributed by atoms with Gasteiger partial charge in [0, 0.05) is 0 Å². The van der Waals surface area contributed by atoms with Crippen LogP contribution in [0.3, 0.4) is 0 Å². The molecule has 0 aliphatic carbocycles. The first-order valence-corrected chi connectivity index (χ1v) is 5.72. The highest BCUT2D eigenvalue weighted by Crippen LogP contribution is 2.34. The zero-order valence-corrected chi connectivity index (χ0v) is 11.0. The molecule has 9 heteroatoms. The normalized spacial score (nSPS) is 14.3. The second kappa shape index (κ2) is 7.22.